The minimum Gasteiger partial charge on any atom is -0.369 e. The Morgan fingerprint density at radius 2 is 2.03 bits per heavy atom. The molecule has 0 bridgehead atoms. The van der Waals surface area contributed by atoms with Crippen LogP contribution >= 0.6 is 11.6 Å². The molecule has 0 saturated heterocycles. The van der Waals surface area contributed by atoms with Gasteiger partial charge in [-0.2, -0.15) is 4.98 Å². The summed E-state index contributed by atoms with van der Waals surface area (Å²) >= 11 is 5.88. The fourth-order valence-electron chi connectivity index (χ4n) is 4.04. The molecule has 4 heterocycles. The topological polar surface area (TPSA) is 127 Å². The molecule has 0 radical (unpaired) electrons. The number of carbonyl (C=O) groups is 1. The number of fused-ring (bicyclic) bond motifs is 1. The molecule has 12 heteroatoms. The van der Waals surface area contributed by atoms with E-state index in [-0.39, 0.29) is 12.0 Å². The molecule has 1 amide bonds. The van der Waals surface area contributed by atoms with Crippen molar-refractivity contribution in [3.05, 3.63) is 64.6 Å². The van der Waals surface area contributed by atoms with Crippen LogP contribution in [-0.4, -0.2) is 48.9 Å². The highest BCUT2D eigenvalue weighted by atomic mass is 35.5. The first kappa shape index (κ1) is 23.3. The van der Waals surface area contributed by atoms with Gasteiger partial charge >= 0.3 is 0 Å². The maximum atomic E-state index is 14.5. The van der Waals surface area contributed by atoms with E-state index in [2.05, 4.69) is 25.3 Å². The Hall–Kier alpha value is -3.44. The Bertz CT molecular complexity index is 1370. The largest absolute Gasteiger partial charge is 0.369 e. The summed E-state index contributed by atoms with van der Waals surface area (Å²) in [5, 5.41) is 3.58. The summed E-state index contributed by atoms with van der Waals surface area (Å²) in [6.07, 6.45) is 6.26. The number of nitrogens with zero attached hydrogens (tertiary/aromatic N) is 5. The van der Waals surface area contributed by atoms with Gasteiger partial charge < -0.3 is 16.0 Å². The average molecular weight is 514 g/mol. The Morgan fingerprint density at radius 1 is 1.23 bits per heavy atom. The molecule has 2 aromatic heterocycles. The first-order valence-electron chi connectivity index (χ1n) is 10.9. The van der Waals surface area contributed by atoms with Crippen LogP contribution < -0.4 is 16.0 Å². The van der Waals surface area contributed by atoms with Crippen LogP contribution in [0.2, 0.25) is 5.02 Å². The third kappa shape index (κ3) is 5.01. The van der Waals surface area contributed by atoms with E-state index in [1.807, 2.05) is 11.0 Å². The van der Waals surface area contributed by atoms with Crippen LogP contribution in [0.25, 0.3) is 5.57 Å². The molecule has 5 rings (SSSR count). The molecular formula is C23H21ClFN7O2S. The minimum absolute atomic E-state index is 0.186. The van der Waals surface area contributed by atoms with Crippen molar-refractivity contribution in [2.75, 3.05) is 29.1 Å². The minimum atomic E-state index is -1.25. The van der Waals surface area contributed by atoms with E-state index in [1.54, 1.807) is 18.5 Å². The molecule has 35 heavy (non-hydrogen) atoms. The van der Waals surface area contributed by atoms with Gasteiger partial charge in [0, 0.05) is 43.3 Å². The van der Waals surface area contributed by atoms with Gasteiger partial charge in [-0.25, -0.2) is 19.3 Å². The van der Waals surface area contributed by atoms with E-state index in [9.17, 15) is 13.4 Å². The molecule has 3 N–H and O–H groups in total. The lowest BCUT2D eigenvalue weighted by molar-refractivity contribution is -0.117. The second-order valence-electron chi connectivity index (χ2n) is 8.17. The number of aromatic nitrogens is 4. The molecule has 1 aromatic carbocycles. The SMILES string of the molecule is NC(=O)Cc1ccc(Nc2nc(N3CC=C(c4ncc(Cl)cn4)CC3)nc3c2[S@@](=O)CC3)cc1F. The summed E-state index contributed by atoms with van der Waals surface area (Å²) in [7, 11) is -1.25. The maximum Gasteiger partial charge on any atom is 0.227 e. The molecule has 2 aliphatic rings. The second kappa shape index (κ2) is 9.67. The number of rotatable bonds is 6. The summed E-state index contributed by atoms with van der Waals surface area (Å²) in [5.41, 5.74) is 7.54. The summed E-state index contributed by atoms with van der Waals surface area (Å²) in [4.78, 5) is 31.6. The number of nitrogens with one attached hydrogen (secondary N) is 1. The van der Waals surface area contributed by atoms with E-state index < -0.39 is 22.5 Å². The van der Waals surface area contributed by atoms with Gasteiger partial charge in [-0.15, -0.1) is 0 Å². The van der Waals surface area contributed by atoms with Crippen molar-refractivity contribution in [1.29, 1.82) is 0 Å². The molecule has 0 unspecified atom stereocenters. The number of amides is 1. The summed E-state index contributed by atoms with van der Waals surface area (Å²) in [6.45, 7) is 1.20. The molecular weight excluding hydrogens is 493 g/mol. The molecule has 0 aliphatic carbocycles. The monoisotopic (exact) mass is 513 g/mol. The maximum absolute atomic E-state index is 14.5. The summed E-state index contributed by atoms with van der Waals surface area (Å²) < 4.78 is 27.1. The number of carbonyl (C=O) groups excluding carboxylic acids is 1. The Balaban J connectivity index is 1.41. The third-order valence-corrected chi connectivity index (χ3v) is 7.41. The molecule has 0 saturated carbocycles. The predicted octanol–water partition coefficient (Wildman–Crippen LogP) is 2.79. The lowest BCUT2D eigenvalue weighted by atomic mass is 10.1. The molecule has 2 aliphatic heterocycles. The molecule has 9 nitrogen and oxygen atoms in total. The van der Waals surface area contributed by atoms with Gasteiger partial charge in [0.25, 0.3) is 0 Å². The van der Waals surface area contributed by atoms with Gasteiger partial charge in [-0.1, -0.05) is 23.7 Å². The van der Waals surface area contributed by atoms with Crippen molar-refractivity contribution in [3.8, 4) is 0 Å². The second-order valence-corrected chi connectivity index (χ2v) is 10.1. The van der Waals surface area contributed by atoms with E-state index in [4.69, 9.17) is 17.3 Å². The highest BCUT2D eigenvalue weighted by Crippen LogP contribution is 2.33. The van der Waals surface area contributed by atoms with Crippen LogP contribution in [0.3, 0.4) is 0 Å². The number of halogens is 2. The first-order chi connectivity index (χ1) is 16.9. The summed E-state index contributed by atoms with van der Waals surface area (Å²) in [5.74, 6) is 0.829. The van der Waals surface area contributed by atoms with Crippen LogP contribution in [0.15, 0.2) is 41.6 Å². The molecule has 180 valence electrons. The normalized spacial score (nSPS) is 17.1. The lowest BCUT2D eigenvalue weighted by Crippen LogP contribution is -2.30. The zero-order chi connectivity index (χ0) is 24.5. The number of benzene rings is 1. The van der Waals surface area contributed by atoms with Gasteiger partial charge in [0.05, 0.1) is 27.9 Å². The summed E-state index contributed by atoms with van der Waals surface area (Å²) in [6, 6.07) is 4.40. The van der Waals surface area contributed by atoms with E-state index >= 15 is 0 Å². The van der Waals surface area contributed by atoms with E-state index in [0.29, 0.717) is 64.9 Å². The third-order valence-electron chi connectivity index (χ3n) is 5.76. The van der Waals surface area contributed by atoms with Crippen LogP contribution in [0.5, 0.6) is 0 Å². The Kier molecular flexibility index (Phi) is 6.44. The van der Waals surface area contributed by atoms with Gasteiger partial charge in [0.1, 0.15) is 10.7 Å². The number of aryl methyl sites for hydroxylation is 1. The van der Waals surface area contributed by atoms with Gasteiger partial charge in [0.15, 0.2) is 11.6 Å². The molecule has 1 atom stereocenters. The number of hydrogen-bond donors (Lipinski definition) is 2. The van der Waals surface area contributed by atoms with Crippen LogP contribution in [-0.2, 0) is 28.4 Å². The van der Waals surface area contributed by atoms with Crippen molar-refractivity contribution in [3.63, 3.8) is 0 Å². The van der Waals surface area contributed by atoms with Crippen molar-refractivity contribution in [1.82, 2.24) is 19.9 Å². The lowest BCUT2D eigenvalue weighted by Gasteiger charge is -2.27. The quantitative estimate of drug-likeness (QED) is 0.515. The van der Waals surface area contributed by atoms with E-state index in [0.717, 1.165) is 11.3 Å². The van der Waals surface area contributed by atoms with Crippen LogP contribution in [0.4, 0.5) is 21.8 Å². The van der Waals surface area contributed by atoms with Gasteiger partial charge in [-0.3, -0.25) is 9.00 Å². The van der Waals surface area contributed by atoms with Crippen molar-refractivity contribution >= 4 is 51.3 Å². The average Bonchev–Trinajstić information content (AvgIpc) is 3.22. The van der Waals surface area contributed by atoms with Crippen LogP contribution in [0.1, 0.15) is 23.5 Å². The number of primary amides is 1. The Morgan fingerprint density at radius 3 is 2.71 bits per heavy atom. The Labute approximate surface area is 208 Å². The zero-order valence-electron chi connectivity index (χ0n) is 18.5. The standard InChI is InChI=1S/C23H21ClFN7O2S/c24-15-11-27-21(28-12-15)13-3-6-32(7-4-13)23-30-18-5-8-35(34)20(18)22(31-23)29-16-2-1-14(9-19(26)33)17(25)10-16/h1-3,10-12H,4-9H2,(H2,26,33)(H,29,30,31)/t35-/m0/s1. The zero-order valence-corrected chi connectivity index (χ0v) is 20.1. The molecule has 0 spiro atoms. The van der Waals surface area contributed by atoms with Gasteiger partial charge in [-0.05, 0) is 29.7 Å². The van der Waals surface area contributed by atoms with E-state index in [1.165, 1.54) is 12.1 Å². The van der Waals surface area contributed by atoms with Crippen molar-refractivity contribution in [2.24, 2.45) is 5.73 Å². The fourth-order valence-corrected chi connectivity index (χ4v) is 5.44. The number of anilines is 3. The number of hydrogen-bond acceptors (Lipinski definition) is 8. The van der Waals surface area contributed by atoms with Crippen molar-refractivity contribution < 1.29 is 13.4 Å². The van der Waals surface area contributed by atoms with Crippen LogP contribution in [0, 0.1) is 5.82 Å². The first-order valence-corrected chi connectivity index (χ1v) is 12.6. The smallest absolute Gasteiger partial charge is 0.227 e. The van der Waals surface area contributed by atoms with Crippen molar-refractivity contribution in [2.45, 2.75) is 24.2 Å². The molecule has 0 fully saturated rings. The van der Waals surface area contributed by atoms with Gasteiger partial charge in [0.2, 0.25) is 11.9 Å². The fraction of sp³-hybridized carbons (Fsp3) is 0.261. The number of nitrogens with two attached hydrogens (primary N) is 1. The predicted molar refractivity (Wildman–Crippen MR) is 131 cm³/mol. The molecule has 3 aromatic rings. The highest BCUT2D eigenvalue weighted by Gasteiger charge is 2.28. The highest BCUT2D eigenvalue weighted by molar-refractivity contribution is 7.85.